The third kappa shape index (κ3) is 3.21. The minimum Gasteiger partial charge on any atom is -0.416 e. The molecule has 94 valence electrons. The molecule has 2 rings (SSSR count). The Balaban J connectivity index is 1.82. The third-order valence-electron chi connectivity index (χ3n) is 2.69. The van der Waals surface area contributed by atoms with Crippen LogP contribution in [0.4, 0.5) is 0 Å². The van der Waals surface area contributed by atoms with Crippen molar-refractivity contribution in [2.75, 3.05) is 18.8 Å². The summed E-state index contributed by atoms with van der Waals surface area (Å²) in [6, 6.07) is 0. The standard InChI is InChI=1S/C11H17N3O2S/c1-8(2)10-12-13-11(16-10)17-7-9(15)14-5-3-4-6-14/h8H,3-7H2,1-2H3. The molecule has 2 heterocycles. The SMILES string of the molecule is CC(C)c1nnc(SCC(=O)N2CCCC2)o1. The van der Waals surface area contributed by atoms with Crippen LogP contribution in [0.5, 0.6) is 0 Å². The third-order valence-corrected chi connectivity index (χ3v) is 3.50. The van der Waals surface area contributed by atoms with Gasteiger partial charge in [0.15, 0.2) is 0 Å². The van der Waals surface area contributed by atoms with Crippen LogP contribution in [-0.2, 0) is 4.79 Å². The smallest absolute Gasteiger partial charge is 0.277 e. The molecule has 17 heavy (non-hydrogen) atoms. The molecule has 0 aromatic carbocycles. The molecule has 1 aliphatic rings. The lowest BCUT2D eigenvalue weighted by molar-refractivity contribution is -0.127. The maximum atomic E-state index is 11.8. The zero-order chi connectivity index (χ0) is 12.3. The first-order valence-corrected chi connectivity index (χ1v) is 6.89. The summed E-state index contributed by atoms with van der Waals surface area (Å²) in [5, 5.41) is 8.33. The van der Waals surface area contributed by atoms with Gasteiger partial charge in [0.1, 0.15) is 0 Å². The molecule has 0 bridgehead atoms. The molecule has 1 aromatic rings. The first-order valence-electron chi connectivity index (χ1n) is 5.91. The van der Waals surface area contributed by atoms with E-state index < -0.39 is 0 Å². The van der Waals surface area contributed by atoms with Crippen LogP contribution >= 0.6 is 11.8 Å². The fraction of sp³-hybridized carbons (Fsp3) is 0.727. The lowest BCUT2D eigenvalue weighted by Gasteiger charge is -2.13. The molecule has 1 amide bonds. The van der Waals surface area contributed by atoms with Crippen LogP contribution in [0.25, 0.3) is 0 Å². The summed E-state index contributed by atoms with van der Waals surface area (Å²) in [7, 11) is 0. The lowest BCUT2D eigenvalue weighted by atomic mass is 10.2. The Bertz CT molecular complexity index is 386. The summed E-state index contributed by atoms with van der Waals surface area (Å²) in [6.07, 6.45) is 2.24. The zero-order valence-electron chi connectivity index (χ0n) is 10.2. The summed E-state index contributed by atoms with van der Waals surface area (Å²) in [4.78, 5) is 13.7. The van der Waals surface area contributed by atoms with Gasteiger partial charge in [-0.25, -0.2) is 0 Å². The van der Waals surface area contributed by atoms with E-state index in [9.17, 15) is 4.79 Å². The minimum absolute atomic E-state index is 0.164. The number of hydrogen-bond donors (Lipinski definition) is 0. The predicted molar refractivity (Wildman–Crippen MR) is 64.9 cm³/mol. The number of amides is 1. The lowest BCUT2D eigenvalue weighted by Crippen LogP contribution is -2.29. The zero-order valence-corrected chi connectivity index (χ0v) is 11.0. The van der Waals surface area contributed by atoms with Crippen molar-refractivity contribution in [1.29, 1.82) is 0 Å². The molecule has 0 N–H and O–H groups in total. The van der Waals surface area contributed by atoms with Crippen molar-refractivity contribution in [2.24, 2.45) is 0 Å². The van der Waals surface area contributed by atoms with Crippen molar-refractivity contribution < 1.29 is 9.21 Å². The molecule has 0 radical (unpaired) electrons. The van der Waals surface area contributed by atoms with Crippen LogP contribution in [0, 0.1) is 0 Å². The number of nitrogens with zero attached hydrogens (tertiary/aromatic N) is 3. The van der Waals surface area contributed by atoms with Crippen LogP contribution in [0.1, 0.15) is 38.5 Å². The van der Waals surface area contributed by atoms with Gasteiger partial charge in [0.2, 0.25) is 11.8 Å². The molecule has 1 aliphatic heterocycles. The van der Waals surface area contributed by atoms with E-state index >= 15 is 0 Å². The molecule has 0 spiro atoms. The van der Waals surface area contributed by atoms with Gasteiger partial charge >= 0.3 is 0 Å². The van der Waals surface area contributed by atoms with Gasteiger partial charge < -0.3 is 9.32 Å². The molecule has 1 fully saturated rings. The first kappa shape index (κ1) is 12.4. The number of rotatable bonds is 4. The monoisotopic (exact) mass is 255 g/mol. The van der Waals surface area contributed by atoms with Crippen LogP contribution in [-0.4, -0.2) is 39.8 Å². The van der Waals surface area contributed by atoms with Gasteiger partial charge in [-0.05, 0) is 12.8 Å². The second-order valence-corrected chi connectivity index (χ2v) is 5.36. The summed E-state index contributed by atoms with van der Waals surface area (Å²) in [6.45, 7) is 5.77. The molecule has 0 atom stereocenters. The van der Waals surface area contributed by atoms with Crippen LogP contribution in [0.2, 0.25) is 0 Å². The van der Waals surface area contributed by atoms with Gasteiger partial charge in [-0.1, -0.05) is 25.6 Å². The number of carbonyl (C=O) groups excluding carboxylic acids is 1. The largest absolute Gasteiger partial charge is 0.416 e. The summed E-state index contributed by atoms with van der Waals surface area (Å²) >= 11 is 1.32. The van der Waals surface area contributed by atoms with Crippen LogP contribution in [0.3, 0.4) is 0 Å². The molecule has 1 saturated heterocycles. The minimum atomic E-state index is 0.164. The van der Waals surface area contributed by atoms with Crippen molar-refractivity contribution in [3.8, 4) is 0 Å². The summed E-state index contributed by atoms with van der Waals surface area (Å²) in [5.41, 5.74) is 0. The van der Waals surface area contributed by atoms with Gasteiger partial charge in [0, 0.05) is 19.0 Å². The Morgan fingerprint density at radius 2 is 2.12 bits per heavy atom. The Hall–Kier alpha value is -1.04. The van der Waals surface area contributed by atoms with Crippen molar-refractivity contribution >= 4 is 17.7 Å². The Morgan fingerprint density at radius 3 is 2.71 bits per heavy atom. The second kappa shape index (κ2) is 5.53. The maximum absolute atomic E-state index is 11.8. The van der Waals surface area contributed by atoms with Crippen molar-refractivity contribution in [2.45, 2.75) is 37.8 Å². The molecule has 0 saturated carbocycles. The van der Waals surface area contributed by atoms with Gasteiger partial charge in [0.05, 0.1) is 5.75 Å². The number of carbonyl (C=O) groups is 1. The molecule has 0 aliphatic carbocycles. The van der Waals surface area contributed by atoms with Gasteiger partial charge in [-0.2, -0.15) is 0 Å². The van der Waals surface area contributed by atoms with Crippen LogP contribution in [0.15, 0.2) is 9.64 Å². The molecule has 0 unspecified atom stereocenters. The van der Waals surface area contributed by atoms with Crippen molar-refractivity contribution in [3.63, 3.8) is 0 Å². The number of likely N-dealkylation sites (tertiary alicyclic amines) is 1. The van der Waals surface area contributed by atoms with Crippen LogP contribution < -0.4 is 0 Å². The highest BCUT2D eigenvalue weighted by Gasteiger charge is 2.19. The highest BCUT2D eigenvalue weighted by Crippen LogP contribution is 2.21. The summed E-state index contributed by atoms with van der Waals surface area (Å²) in [5.74, 6) is 1.41. The Kier molecular flexibility index (Phi) is 4.04. The van der Waals surface area contributed by atoms with Gasteiger partial charge in [-0.3, -0.25) is 4.79 Å². The van der Waals surface area contributed by atoms with Crippen molar-refractivity contribution in [1.82, 2.24) is 15.1 Å². The average molecular weight is 255 g/mol. The number of thioether (sulfide) groups is 1. The summed E-state index contributed by atoms with van der Waals surface area (Å²) < 4.78 is 5.43. The maximum Gasteiger partial charge on any atom is 0.277 e. The van der Waals surface area contributed by atoms with E-state index in [2.05, 4.69) is 10.2 Å². The number of hydrogen-bond acceptors (Lipinski definition) is 5. The quantitative estimate of drug-likeness (QED) is 0.769. The van der Waals surface area contributed by atoms with E-state index in [1.165, 1.54) is 11.8 Å². The molecule has 1 aromatic heterocycles. The molecule has 5 nitrogen and oxygen atoms in total. The van der Waals surface area contributed by atoms with Crippen molar-refractivity contribution in [3.05, 3.63) is 5.89 Å². The second-order valence-electron chi connectivity index (χ2n) is 4.44. The fourth-order valence-electron chi connectivity index (χ4n) is 1.69. The van der Waals surface area contributed by atoms with E-state index in [-0.39, 0.29) is 11.8 Å². The van der Waals surface area contributed by atoms with E-state index in [0.717, 1.165) is 25.9 Å². The first-order chi connectivity index (χ1) is 8.16. The molecular formula is C11H17N3O2S. The highest BCUT2D eigenvalue weighted by atomic mass is 32.2. The average Bonchev–Trinajstić information content (AvgIpc) is 2.97. The topological polar surface area (TPSA) is 59.2 Å². The highest BCUT2D eigenvalue weighted by molar-refractivity contribution is 7.99. The van der Waals surface area contributed by atoms with Gasteiger partial charge in [-0.15, -0.1) is 10.2 Å². The fourth-order valence-corrected chi connectivity index (χ4v) is 2.37. The predicted octanol–water partition coefficient (Wildman–Crippen LogP) is 1.91. The van der Waals surface area contributed by atoms with Gasteiger partial charge in [0.25, 0.3) is 5.22 Å². The Morgan fingerprint density at radius 1 is 1.41 bits per heavy atom. The van der Waals surface area contributed by atoms with E-state index in [1.54, 1.807) is 0 Å². The number of aromatic nitrogens is 2. The molecule has 6 heteroatoms. The normalized spacial score (nSPS) is 15.8. The molecular weight excluding hydrogens is 238 g/mol. The Labute approximate surface area is 105 Å². The van der Waals surface area contributed by atoms with E-state index in [4.69, 9.17) is 4.42 Å². The van der Waals surface area contributed by atoms with E-state index in [1.807, 2.05) is 18.7 Å². The van der Waals surface area contributed by atoms with E-state index in [0.29, 0.717) is 16.9 Å².